The number of fused-ring (bicyclic) bond motifs is 1. The van der Waals surface area contributed by atoms with Crippen LogP contribution in [-0.4, -0.2) is 5.84 Å². The van der Waals surface area contributed by atoms with E-state index in [0.29, 0.717) is 0 Å². The molecule has 0 saturated heterocycles. The van der Waals surface area contributed by atoms with Crippen LogP contribution in [0.4, 0.5) is 0 Å². The number of aliphatic imine (C=N–C) groups is 1. The van der Waals surface area contributed by atoms with Crippen LogP contribution in [0, 0.1) is 0 Å². The molecule has 1 heterocycles. The first kappa shape index (κ1) is 11.3. The zero-order chi connectivity index (χ0) is 12.7. The monoisotopic (exact) mass is 238 g/mol. The van der Waals surface area contributed by atoms with Gasteiger partial charge < -0.3 is 5.32 Å². The Hall–Kier alpha value is -1.83. The van der Waals surface area contributed by atoms with Crippen LogP contribution in [0.5, 0.6) is 0 Å². The standard InChI is InChI=1S/C16H18N2/c1-4-15-10(2)17-11(3)18-16(15)8-12-5-6-13-9-14(13)7-12/h5-7H,2,4,8-9H2,1,3H3,(H,17,18). The molecule has 3 rings (SSSR count). The first-order valence-corrected chi connectivity index (χ1v) is 6.51. The van der Waals surface area contributed by atoms with Crippen molar-refractivity contribution in [3.05, 3.63) is 58.4 Å². The predicted molar refractivity (Wildman–Crippen MR) is 75.7 cm³/mol. The van der Waals surface area contributed by atoms with Crippen LogP contribution >= 0.6 is 0 Å². The molecule has 1 N–H and O–H groups in total. The summed E-state index contributed by atoms with van der Waals surface area (Å²) in [6, 6.07) is 6.77. The van der Waals surface area contributed by atoms with Crippen LogP contribution < -0.4 is 5.32 Å². The van der Waals surface area contributed by atoms with Crippen LogP contribution in [0.15, 0.2) is 46.7 Å². The lowest BCUT2D eigenvalue weighted by atomic mass is 10.0. The molecule has 2 aliphatic rings. The average molecular weight is 238 g/mol. The summed E-state index contributed by atoms with van der Waals surface area (Å²) in [4.78, 5) is 4.65. The maximum atomic E-state index is 4.65. The van der Waals surface area contributed by atoms with Crippen LogP contribution in [0.3, 0.4) is 0 Å². The lowest BCUT2D eigenvalue weighted by molar-refractivity contribution is 0.921. The highest BCUT2D eigenvalue weighted by molar-refractivity contribution is 5.84. The Kier molecular flexibility index (Phi) is 2.58. The van der Waals surface area contributed by atoms with E-state index in [-0.39, 0.29) is 0 Å². The molecule has 0 saturated carbocycles. The molecule has 92 valence electrons. The highest BCUT2D eigenvalue weighted by atomic mass is 15.0. The fourth-order valence-electron chi connectivity index (χ4n) is 2.58. The van der Waals surface area contributed by atoms with Gasteiger partial charge in [-0.15, -0.1) is 0 Å². The summed E-state index contributed by atoms with van der Waals surface area (Å²) in [7, 11) is 0. The fourth-order valence-corrected chi connectivity index (χ4v) is 2.58. The second-order valence-corrected chi connectivity index (χ2v) is 5.04. The highest BCUT2D eigenvalue weighted by Gasteiger charge is 2.18. The van der Waals surface area contributed by atoms with Gasteiger partial charge in [0.15, 0.2) is 0 Å². The first-order valence-electron chi connectivity index (χ1n) is 6.51. The lowest BCUT2D eigenvalue weighted by Crippen LogP contribution is -2.25. The smallest absolute Gasteiger partial charge is 0.103 e. The van der Waals surface area contributed by atoms with E-state index in [4.69, 9.17) is 0 Å². The van der Waals surface area contributed by atoms with Gasteiger partial charge in [-0.1, -0.05) is 31.7 Å². The molecular formula is C16H18N2. The van der Waals surface area contributed by atoms with Crippen molar-refractivity contribution in [1.82, 2.24) is 5.32 Å². The van der Waals surface area contributed by atoms with Gasteiger partial charge in [0.2, 0.25) is 0 Å². The lowest BCUT2D eigenvalue weighted by Gasteiger charge is -2.21. The minimum absolute atomic E-state index is 0.911. The Morgan fingerprint density at radius 2 is 2.17 bits per heavy atom. The van der Waals surface area contributed by atoms with E-state index < -0.39 is 0 Å². The number of allylic oxidation sites excluding steroid dienone is 2. The number of hydrogen-bond donors (Lipinski definition) is 1. The molecule has 1 aliphatic carbocycles. The summed E-state index contributed by atoms with van der Waals surface area (Å²) in [5, 5.41) is 3.22. The maximum absolute atomic E-state index is 4.65. The second kappa shape index (κ2) is 4.13. The molecule has 0 amide bonds. The Balaban J connectivity index is 1.92. The molecule has 2 nitrogen and oxygen atoms in total. The van der Waals surface area contributed by atoms with Gasteiger partial charge in [-0.2, -0.15) is 0 Å². The molecule has 18 heavy (non-hydrogen) atoms. The molecule has 0 bridgehead atoms. The quantitative estimate of drug-likeness (QED) is 0.871. The molecule has 1 aromatic rings. The third-order valence-electron chi connectivity index (χ3n) is 3.60. The molecule has 1 aliphatic heterocycles. The van der Waals surface area contributed by atoms with Gasteiger partial charge in [-0.05, 0) is 42.0 Å². The Bertz CT molecular complexity index is 591. The number of benzene rings is 1. The minimum atomic E-state index is 0.911. The number of hydrogen-bond acceptors (Lipinski definition) is 2. The normalized spacial score (nSPS) is 17.2. The average Bonchev–Trinajstić information content (AvgIpc) is 3.06. The van der Waals surface area contributed by atoms with Crippen molar-refractivity contribution in [3.8, 4) is 0 Å². The second-order valence-electron chi connectivity index (χ2n) is 5.04. The molecule has 0 spiro atoms. The highest BCUT2D eigenvalue weighted by Crippen LogP contribution is 2.30. The van der Waals surface area contributed by atoms with Gasteiger partial charge in [-0.25, -0.2) is 4.99 Å². The van der Waals surface area contributed by atoms with E-state index in [1.807, 2.05) is 6.92 Å². The van der Waals surface area contributed by atoms with Gasteiger partial charge >= 0.3 is 0 Å². The number of nitrogens with one attached hydrogen (secondary N) is 1. The summed E-state index contributed by atoms with van der Waals surface area (Å²) >= 11 is 0. The van der Waals surface area contributed by atoms with E-state index in [9.17, 15) is 0 Å². The molecule has 0 fully saturated rings. The molecule has 1 aromatic carbocycles. The first-order chi connectivity index (χ1) is 8.67. The number of rotatable bonds is 3. The van der Waals surface area contributed by atoms with Gasteiger partial charge in [0.25, 0.3) is 0 Å². The molecule has 0 radical (unpaired) electrons. The molecular weight excluding hydrogens is 220 g/mol. The van der Waals surface area contributed by atoms with E-state index >= 15 is 0 Å². The fraction of sp³-hybridized carbons (Fsp3) is 0.312. The van der Waals surface area contributed by atoms with E-state index in [1.165, 1.54) is 34.4 Å². The largest absolute Gasteiger partial charge is 0.344 e. The Morgan fingerprint density at radius 3 is 2.89 bits per heavy atom. The molecule has 2 heteroatoms. The van der Waals surface area contributed by atoms with Gasteiger partial charge in [-0.3, -0.25) is 0 Å². The zero-order valence-electron chi connectivity index (χ0n) is 11.0. The maximum Gasteiger partial charge on any atom is 0.103 e. The summed E-state index contributed by atoms with van der Waals surface area (Å²) in [5.41, 5.74) is 7.78. The predicted octanol–water partition coefficient (Wildman–Crippen LogP) is 3.33. The molecule has 0 unspecified atom stereocenters. The van der Waals surface area contributed by atoms with Crippen LogP contribution in [-0.2, 0) is 12.8 Å². The van der Waals surface area contributed by atoms with Crippen molar-refractivity contribution in [3.63, 3.8) is 0 Å². The van der Waals surface area contributed by atoms with Crippen molar-refractivity contribution in [2.45, 2.75) is 33.1 Å². The van der Waals surface area contributed by atoms with E-state index in [0.717, 1.165) is 24.4 Å². The van der Waals surface area contributed by atoms with E-state index in [1.54, 1.807) is 0 Å². The van der Waals surface area contributed by atoms with Crippen molar-refractivity contribution < 1.29 is 0 Å². The number of amidine groups is 1. The van der Waals surface area contributed by atoms with Crippen molar-refractivity contribution in [2.24, 2.45) is 4.99 Å². The van der Waals surface area contributed by atoms with Gasteiger partial charge in [0.1, 0.15) is 5.84 Å². The Morgan fingerprint density at radius 1 is 1.33 bits per heavy atom. The Labute approximate surface area is 108 Å². The summed E-state index contributed by atoms with van der Waals surface area (Å²) in [6.45, 7) is 8.23. The summed E-state index contributed by atoms with van der Waals surface area (Å²) in [5.74, 6) is 0.943. The third kappa shape index (κ3) is 1.99. The van der Waals surface area contributed by atoms with E-state index in [2.05, 4.69) is 42.0 Å². The van der Waals surface area contributed by atoms with Crippen molar-refractivity contribution in [1.29, 1.82) is 0 Å². The summed E-state index contributed by atoms with van der Waals surface area (Å²) in [6.07, 6.45) is 3.06. The topological polar surface area (TPSA) is 24.4 Å². The third-order valence-corrected chi connectivity index (χ3v) is 3.60. The van der Waals surface area contributed by atoms with Gasteiger partial charge in [0, 0.05) is 12.1 Å². The van der Waals surface area contributed by atoms with Crippen LogP contribution in [0.2, 0.25) is 0 Å². The van der Waals surface area contributed by atoms with Crippen molar-refractivity contribution in [2.75, 3.05) is 0 Å². The minimum Gasteiger partial charge on any atom is -0.344 e. The van der Waals surface area contributed by atoms with Crippen LogP contribution in [0.25, 0.3) is 0 Å². The molecule has 0 atom stereocenters. The van der Waals surface area contributed by atoms with Crippen molar-refractivity contribution >= 4 is 5.84 Å². The SMILES string of the molecule is C=C1NC(C)=NC(Cc2ccc3c(c2)C3)=C1CC. The summed E-state index contributed by atoms with van der Waals surface area (Å²) < 4.78 is 0. The molecule has 0 aromatic heterocycles. The number of nitrogens with zero attached hydrogens (tertiary/aromatic N) is 1. The van der Waals surface area contributed by atoms with Crippen LogP contribution in [0.1, 0.15) is 37.0 Å². The van der Waals surface area contributed by atoms with Gasteiger partial charge in [0.05, 0.1) is 5.70 Å². The zero-order valence-corrected chi connectivity index (χ0v) is 11.0.